The highest BCUT2D eigenvalue weighted by Crippen LogP contribution is 2.20. The Hall–Kier alpha value is 0.130. The lowest BCUT2D eigenvalue weighted by molar-refractivity contribution is -0.120. The van der Waals surface area contributed by atoms with Crippen LogP contribution in [0.2, 0.25) is 0 Å². The molecule has 0 atom stereocenters. The minimum atomic E-state index is 0.0812. The predicted molar refractivity (Wildman–Crippen MR) is 59.9 cm³/mol. The van der Waals surface area contributed by atoms with Gasteiger partial charge in [0.05, 0.1) is 0 Å². The first-order valence-electron chi connectivity index (χ1n) is 4.43. The molecule has 1 amide bonds. The summed E-state index contributed by atoms with van der Waals surface area (Å²) >= 11 is 0. The van der Waals surface area contributed by atoms with Crippen molar-refractivity contribution in [3.05, 3.63) is 0 Å². The Bertz CT molecular complexity index is 133. The molecule has 0 aliphatic heterocycles. The molecule has 0 aromatic rings. The smallest absolute Gasteiger partial charge is 0.220 e. The molecule has 0 unspecified atom stereocenters. The van der Waals surface area contributed by atoms with E-state index in [1.54, 1.807) is 21.6 Å². The maximum atomic E-state index is 11.1. The Balaban J connectivity index is 3.11. The molecule has 3 nitrogen and oxygen atoms in total. The van der Waals surface area contributed by atoms with E-state index in [1.165, 1.54) is 0 Å². The van der Waals surface area contributed by atoms with Gasteiger partial charge >= 0.3 is 0 Å². The maximum Gasteiger partial charge on any atom is 0.220 e. The van der Waals surface area contributed by atoms with Crippen LogP contribution in [0.15, 0.2) is 0 Å². The van der Waals surface area contributed by atoms with Crippen LogP contribution in [-0.4, -0.2) is 35.7 Å². The van der Waals surface area contributed by atoms with Crippen LogP contribution in [0.3, 0.4) is 0 Å². The lowest BCUT2D eigenvalue weighted by Gasteiger charge is -2.02. The summed E-state index contributed by atoms with van der Waals surface area (Å²) in [6.45, 7) is 2.82. The summed E-state index contributed by atoms with van der Waals surface area (Å²) in [6.07, 6.45) is 1.21. The van der Waals surface area contributed by atoms with E-state index in [0.29, 0.717) is 19.4 Å². The van der Waals surface area contributed by atoms with Gasteiger partial charge in [-0.05, 0) is 6.42 Å². The molecule has 0 aromatic heterocycles. The molecular weight excluding hydrogens is 206 g/mol. The number of hydrogen-bond donors (Lipinski definition) is 2. The van der Waals surface area contributed by atoms with Crippen molar-refractivity contribution < 1.29 is 9.90 Å². The van der Waals surface area contributed by atoms with Crippen LogP contribution in [0.25, 0.3) is 0 Å². The van der Waals surface area contributed by atoms with Crippen molar-refractivity contribution >= 4 is 27.5 Å². The summed E-state index contributed by atoms with van der Waals surface area (Å²) in [5.74, 6) is 2.03. The van der Waals surface area contributed by atoms with Crippen LogP contribution < -0.4 is 5.32 Å². The maximum absolute atomic E-state index is 11.1. The largest absolute Gasteiger partial charge is 0.396 e. The second-order valence-electron chi connectivity index (χ2n) is 2.41. The van der Waals surface area contributed by atoms with Crippen molar-refractivity contribution in [1.82, 2.24) is 5.32 Å². The molecule has 0 aliphatic rings. The van der Waals surface area contributed by atoms with Crippen molar-refractivity contribution in [1.29, 1.82) is 0 Å². The SMILES string of the molecule is CCSSCCC(=O)NCCCO. The third-order valence-electron chi connectivity index (χ3n) is 1.27. The Kier molecular flexibility index (Phi) is 10.3. The highest BCUT2D eigenvalue weighted by Gasteiger charge is 1.99. The number of aliphatic hydroxyl groups excluding tert-OH is 1. The van der Waals surface area contributed by atoms with Crippen molar-refractivity contribution in [2.45, 2.75) is 19.8 Å². The zero-order chi connectivity index (χ0) is 9.94. The van der Waals surface area contributed by atoms with Gasteiger partial charge in [-0.15, -0.1) is 0 Å². The zero-order valence-corrected chi connectivity index (χ0v) is 9.55. The summed E-state index contributed by atoms with van der Waals surface area (Å²) in [4.78, 5) is 11.1. The number of hydrogen-bond acceptors (Lipinski definition) is 4. The predicted octanol–water partition coefficient (Wildman–Crippen LogP) is 1.28. The fraction of sp³-hybridized carbons (Fsp3) is 0.875. The van der Waals surface area contributed by atoms with Crippen LogP contribution in [0, 0.1) is 0 Å². The standard InChI is InChI=1S/C8H17NO2S2/c1-2-12-13-7-4-8(11)9-5-3-6-10/h10H,2-7H2,1H3,(H,9,11). The first-order valence-corrected chi connectivity index (χ1v) is 6.92. The summed E-state index contributed by atoms with van der Waals surface area (Å²) in [5.41, 5.74) is 0. The fourth-order valence-corrected chi connectivity index (χ4v) is 2.33. The molecule has 0 radical (unpaired) electrons. The first kappa shape index (κ1) is 13.1. The van der Waals surface area contributed by atoms with E-state index in [9.17, 15) is 4.79 Å². The Labute approximate surface area is 87.4 Å². The Morgan fingerprint density at radius 3 is 2.85 bits per heavy atom. The molecule has 0 saturated carbocycles. The van der Waals surface area contributed by atoms with Crippen molar-refractivity contribution in [3.8, 4) is 0 Å². The van der Waals surface area contributed by atoms with Crippen molar-refractivity contribution in [3.63, 3.8) is 0 Å². The minimum absolute atomic E-state index is 0.0812. The second kappa shape index (κ2) is 10.2. The molecule has 0 spiro atoms. The topological polar surface area (TPSA) is 49.3 Å². The third kappa shape index (κ3) is 10.0. The molecule has 5 heteroatoms. The van der Waals surface area contributed by atoms with E-state index in [1.807, 2.05) is 0 Å². The molecule has 0 bridgehead atoms. The molecule has 0 aromatic carbocycles. The van der Waals surface area contributed by atoms with Gasteiger partial charge in [0, 0.05) is 31.1 Å². The molecule has 0 rings (SSSR count). The van der Waals surface area contributed by atoms with Gasteiger partial charge in [-0.2, -0.15) is 0 Å². The molecule has 0 aliphatic carbocycles. The van der Waals surface area contributed by atoms with Crippen LogP contribution in [0.5, 0.6) is 0 Å². The number of amides is 1. The van der Waals surface area contributed by atoms with E-state index >= 15 is 0 Å². The Morgan fingerprint density at radius 1 is 1.46 bits per heavy atom. The van der Waals surface area contributed by atoms with E-state index in [4.69, 9.17) is 5.11 Å². The summed E-state index contributed by atoms with van der Waals surface area (Å²) in [7, 11) is 3.50. The summed E-state index contributed by atoms with van der Waals surface area (Å²) in [5, 5.41) is 11.2. The molecule has 0 saturated heterocycles. The van der Waals surface area contributed by atoms with Gasteiger partial charge in [-0.1, -0.05) is 28.5 Å². The molecule has 13 heavy (non-hydrogen) atoms. The van der Waals surface area contributed by atoms with Crippen LogP contribution in [0.4, 0.5) is 0 Å². The molecule has 0 heterocycles. The van der Waals surface area contributed by atoms with Gasteiger partial charge < -0.3 is 10.4 Å². The fourth-order valence-electron chi connectivity index (χ4n) is 0.672. The van der Waals surface area contributed by atoms with Crippen LogP contribution in [-0.2, 0) is 4.79 Å². The van der Waals surface area contributed by atoms with Crippen molar-refractivity contribution in [2.75, 3.05) is 24.7 Å². The van der Waals surface area contributed by atoms with Gasteiger partial charge in [0.1, 0.15) is 0 Å². The number of rotatable bonds is 8. The first-order chi connectivity index (χ1) is 6.31. The molecular formula is C8H17NO2S2. The number of carbonyl (C=O) groups excluding carboxylic acids is 1. The van der Waals surface area contributed by atoms with Gasteiger partial charge in [0.15, 0.2) is 0 Å². The molecule has 0 fully saturated rings. The number of aliphatic hydroxyl groups is 1. The van der Waals surface area contributed by atoms with E-state index in [2.05, 4.69) is 12.2 Å². The van der Waals surface area contributed by atoms with Gasteiger partial charge in [0.25, 0.3) is 0 Å². The normalized spacial score (nSPS) is 10.0. The molecule has 2 N–H and O–H groups in total. The zero-order valence-electron chi connectivity index (χ0n) is 7.91. The summed E-state index contributed by atoms with van der Waals surface area (Å²) in [6, 6.07) is 0. The highest BCUT2D eigenvalue weighted by molar-refractivity contribution is 8.76. The van der Waals surface area contributed by atoms with E-state index < -0.39 is 0 Å². The van der Waals surface area contributed by atoms with Gasteiger partial charge in [-0.3, -0.25) is 4.79 Å². The lowest BCUT2D eigenvalue weighted by Crippen LogP contribution is -2.25. The number of nitrogens with one attached hydrogen (secondary N) is 1. The average molecular weight is 223 g/mol. The van der Waals surface area contributed by atoms with E-state index in [-0.39, 0.29) is 12.5 Å². The Morgan fingerprint density at radius 2 is 2.23 bits per heavy atom. The quantitative estimate of drug-likeness (QED) is 0.481. The van der Waals surface area contributed by atoms with E-state index in [0.717, 1.165) is 11.5 Å². The highest BCUT2D eigenvalue weighted by atomic mass is 33.1. The second-order valence-corrected chi connectivity index (χ2v) is 5.28. The lowest BCUT2D eigenvalue weighted by atomic mass is 10.4. The minimum Gasteiger partial charge on any atom is -0.396 e. The van der Waals surface area contributed by atoms with Gasteiger partial charge in [-0.25, -0.2) is 0 Å². The van der Waals surface area contributed by atoms with Crippen LogP contribution >= 0.6 is 21.6 Å². The third-order valence-corrected chi connectivity index (χ3v) is 3.75. The van der Waals surface area contributed by atoms with Crippen LogP contribution in [0.1, 0.15) is 19.8 Å². The molecule has 78 valence electrons. The van der Waals surface area contributed by atoms with Gasteiger partial charge in [0.2, 0.25) is 5.91 Å². The average Bonchev–Trinajstić information content (AvgIpc) is 2.13. The van der Waals surface area contributed by atoms with Crippen molar-refractivity contribution in [2.24, 2.45) is 0 Å². The number of carbonyl (C=O) groups is 1. The summed E-state index contributed by atoms with van der Waals surface area (Å²) < 4.78 is 0. The monoisotopic (exact) mass is 223 g/mol.